The van der Waals surface area contributed by atoms with Gasteiger partial charge in [-0.05, 0) is 86.7 Å². The van der Waals surface area contributed by atoms with E-state index in [9.17, 15) is 9.59 Å². The van der Waals surface area contributed by atoms with E-state index in [-0.39, 0.29) is 11.5 Å². The SMILES string of the molecule is CC(C)(Oc1ccc2[nH]c(=O)c3c(c2c1)CCSC3)C(=O)NCCCC1C=C(c2ccccc2)CCN1. The fourth-order valence-electron chi connectivity index (χ4n) is 5.16. The van der Waals surface area contributed by atoms with Gasteiger partial charge >= 0.3 is 0 Å². The molecular formula is C30H35N3O3S. The number of hydrogen-bond acceptors (Lipinski definition) is 5. The molecule has 7 heteroatoms. The highest BCUT2D eigenvalue weighted by Crippen LogP contribution is 2.31. The Morgan fingerprint density at radius 3 is 2.81 bits per heavy atom. The minimum absolute atomic E-state index is 0.00159. The summed E-state index contributed by atoms with van der Waals surface area (Å²) in [6, 6.07) is 16.5. The summed E-state index contributed by atoms with van der Waals surface area (Å²) >= 11 is 1.78. The van der Waals surface area contributed by atoms with E-state index < -0.39 is 5.60 Å². The van der Waals surface area contributed by atoms with Gasteiger partial charge in [0.25, 0.3) is 11.5 Å². The number of nitrogens with one attached hydrogen (secondary N) is 3. The summed E-state index contributed by atoms with van der Waals surface area (Å²) < 4.78 is 6.17. The third-order valence-electron chi connectivity index (χ3n) is 7.19. The van der Waals surface area contributed by atoms with Crippen LogP contribution in [0.25, 0.3) is 16.5 Å². The number of amides is 1. The fraction of sp³-hybridized carbons (Fsp3) is 0.400. The molecule has 0 fully saturated rings. The number of benzene rings is 2. The monoisotopic (exact) mass is 517 g/mol. The van der Waals surface area contributed by atoms with Crippen molar-refractivity contribution in [3.8, 4) is 5.75 Å². The molecule has 1 atom stereocenters. The zero-order chi connectivity index (χ0) is 25.8. The Balaban J connectivity index is 1.17. The molecule has 0 aliphatic carbocycles. The normalized spacial score (nSPS) is 17.7. The van der Waals surface area contributed by atoms with Gasteiger partial charge in [0, 0.05) is 34.8 Å². The molecule has 6 nitrogen and oxygen atoms in total. The minimum Gasteiger partial charge on any atom is -0.478 e. The van der Waals surface area contributed by atoms with E-state index in [4.69, 9.17) is 4.74 Å². The van der Waals surface area contributed by atoms with E-state index in [0.717, 1.165) is 65.8 Å². The number of pyridine rings is 1. The van der Waals surface area contributed by atoms with Gasteiger partial charge in [-0.1, -0.05) is 36.4 Å². The molecule has 1 unspecified atom stereocenters. The van der Waals surface area contributed by atoms with Crippen LogP contribution in [0.3, 0.4) is 0 Å². The molecule has 2 aromatic carbocycles. The van der Waals surface area contributed by atoms with Crippen molar-refractivity contribution in [2.45, 2.75) is 56.9 Å². The van der Waals surface area contributed by atoms with Crippen LogP contribution in [0.15, 0.2) is 59.4 Å². The summed E-state index contributed by atoms with van der Waals surface area (Å²) in [6.45, 7) is 5.16. The summed E-state index contributed by atoms with van der Waals surface area (Å²) in [7, 11) is 0. The van der Waals surface area contributed by atoms with Gasteiger partial charge in [-0.2, -0.15) is 11.8 Å². The summed E-state index contributed by atoms with van der Waals surface area (Å²) in [5.74, 6) is 2.23. The van der Waals surface area contributed by atoms with Crippen LogP contribution in [0.2, 0.25) is 0 Å². The molecule has 37 heavy (non-hydrogen) atoms. The Morgan fingerprint density at radius 1 is 1.14 bits per heavy atom. The average molecular weight is 518 g/mol. The number of carbonyl (C=O) groups is 1. The van der Waals surface area contributed by atoms with Crippen LogP contribution in [0.4, 0.5) is 0 Å². The third kappa shape index (κ3) is 5.94. The molecule has 2 aliphatic rings. The van der Waals surface area contributed by atoms with Gasteiger partial charge in [0.2, 0.25) is 0 Å². The standard InChI is InChI=1S/C30H35N3O3S/c1-30(2,36-23-10-11-27-25(18-23)24-13-16-37-19-26(24)28(34)33-27)29(35)32-14-6-9-22-17-21(12-15-31-22)20-7-4-3-5-8-20/h3-5,7-8,10-11,17-18,22,31H,6,9,12-16,19H2,1-2H3,(H,32,35)(H,33,34). The van der Waals surface area contributed by atoms with Gasteiger partial charge in [0.1, 0.15) is 5.75 Å². The predicted octanol–water partition coefficient (Wildman–Crippen LogP) is 4.82. The number of hydrogen-bond donors (Lipinski definition) is 3. The number of aromatic amines is 1. The predicted molar refractivity (Wildman–Crippen MR) is 152 cm³/mol. The highest BCUT2D eigenvalue weighted by molar-refractivity contribution is 7.98. The number of ether oxygens (including phenoxy) is 1. The molecule has 0 radical (unpaired) electrons. The topological polar surface area (TPSA) is 83.2 Å². The summed E-state index contributed by atoms with van der Waals surface area (Å²) in [5, 5.41) is 7.64. The fourth-order valence-corrected chi connectivity index (χ4v) is 6.17. The highest BCUT2D eigenvalue weighted by Gasteiger charge is 2.30. The maximum atomic E-state index is 13.0. The van der Waals surface area contributed by atoms with E-state index in [0.29, 0.717) is 18.3 Å². The van der Waals surface area contributed by atoms with Crippen LogP contribution in [-0.2, 0) is 17.0 Å². The first-order chi connectivity index (χ1) is 17.9. The lowest BCUT2D eigenvalue weighted by atomic mass is 9.95. The van der Waals surface area contributed by atoms with Crippen LogP contribution in [-0.4, -0.2) is 41.4 Å². The molecule has 0 bridgehead atoms. The van der Waals surface area contributed by atoms with Gasteiger partial charge < -0.3 is 20.4 Å². The Bertz CT molecular complexity index is 1360. The molecule has 0 saturated heterocycles. The zero-order valence-electron chi connectivity index (χ0n) is 21.6. The first-order valence-corrected chi connectivity index (χ1v) is 14.3. The van der Waals surface area contributed by atoms with Crippen LogP contribution in [0.5, 0.6) is 5.75 Å². The van der Waals surface area contributed by atoms with Crippen LogP contribution in [0.1, 0.15) is 49.8 Å². The number of aromatic nitrogens is 1. The molecule has 3 N–H and O–H groups in total. The van der Waals surface area contributed by atoms with Crippen molar-refractivity contribution in [2.75, 3.05) is 18.8 Å². The largest absolute Gasteiger partial charge is 0.478 e. The number of thioether (sulfide) groups is 1. The Labute approximate surface area is 222 Å². The Hall–Kier alpha value is -3.03. The van der Waals surface area contributed by atoms with Crippen LogP contribution < -0.4 is 20.9 Å². The molecule has 194 valence electrons. The van der Waals surface area contributed by atoms with Gasteiger partial charge in [-0.3, -0.25) is 9.59 Å². The van der Waals surface area contributed by atoms with Gasteiger partial charge in [-0.25, -0.2) is 0 Å². The van der Waals surface area contributed by atoms with E-state index >= 15 is 0 Å². The first-order valence-electron chi connectivity index (χ1n) is 13.1. The second-order valence-corrected chi connectivity index (χ2v) is 11.4. The van der Waals surface area contributed by atoms with E-state index in [1.807, 2.05) is 24.3 Å². The smallest absolute Gasteiger partial charge is 0.263 e. The number of H-pyrrole nitrogens is 1. The van der Waals surface area contributed by atoms with E-state index in [1.54, 1.807) is 25.6 Å². The van der Waals surface area contributed by atoms with Crippen molar-refractivity contribution in [1.29, 1.82) is 0 Å². The highest BCUT2D eigenvalue weighted by atomic mass is 32.2. The van der Waals surface area contributed by atoms with Gasteiger partial charge in [0.05, 0.1) is 0 Å². The van der Waals surface area contributed by atoms with Gasteiger partial charge in [0.15, 0.2) is 5.60 Å². The lowest BCUT2D eigenvalue weighted by Gasteiger charge is -2.26. The van der Waals surface area contributed by atoms with Crippen molar-refractivity contribution in [1.82, 2.24) is 15.6 Å². The lowest BCUT2D eigenvalue weighted by Crippen LogP contribution is -2.47. The molecule has 2 aliphatic heterocycles. The van der Waals surface area contributed by atoms with E-state index in [2.05, 4.69) is 46.0 Å². The molecule has 1 amide bonds. The molecule has 5 rings (SSSR count). The van der Waals surface area contributed by atoms with Crippen molar-refractivity contribution in [3.05, 3.63) is 81.7 Å². The first kappa shape index (κ1) is 25.6. The molecule has 3 heterocycles. The summed E-state index contributed by atoms with van der Waals surface area (Å²) in [4.78, 5) is 28.4. The molecule has 1 aromatic heterocycles. The van der Waals surface area contributed by atoms with E-state index in [1.165, 1.54) is 11.1 Å². The molecule has 3 aromatic rings. The zero-order valence-corrected chi connectivity index (χ0v) is 22.4. The number of fused-ring (bicyclic) bond motifs is 3. The maximum absolute atomic E-state index is 13.0. The van der Waals surface area contributed by atoms with Crippen LogP contribution >= 0.6 is 11.8 Å². The summed E-state index contributed by atoms with van der Waals surface area (Å²) in [6.07, 6.45) is 6.08. The third-order valence-corrected chi connectivity index (χ3v) is 8.18. The quantitative estimate of drug-likeness (QED) is 0.373. The number of rotatable bonds is 8. The van der Waals surface area contributed by atoms with Crippen LogP contribution in [0, 0.1) is 0 Å². The van der Waals surface area contributed by atoms with Gasteiger partial charge in [-0.15, -0.1) is 0 Å². The van der Waals surface area contributed by atoms with Crippen molar-refractivity contribution in [2.24, 2.45) is 0 Å². The molecular weight excluding hydrogens is 482 g/mol. The van der Waals surface area contributed by atoms with Crippen molar-refractivity contribution in [3.63, 3.8) is 0 Å². The second kappa shape index (κ2) is 11.2. The number of carbonyl (C=O) groups excluding carboxylic acids is 1. The Morgan fingerprint density at radius 2 is 1.97 bits per heavy atom. The van der Waals surface area contributed by atoms with Crippen molar-refractivity contribution < 1.29 is 9.53 Å². The summed E-state index contributed by atoms with van der Waals surface area (Å²) in [5.41, 5.74) is 4.43. The number of aryl methyl sites for hydroxylation is 1. The molecule has 0 saturated carbocycles. The Kier molecular flexibility index (Phi) is 7.72. The second-order valence-electron chi connectivity index (χ2n) is 10.3. The van der Waals surface area contributed by atoms with Crippen molar-refractivity contribution >= 4 is 34.1 Å². The average Bonchev–Trinajstić information content (AvgIpc) is 2.92. The minimum atomic E-state index is -1.02. The maximum Gasteiger partial charge on any atom is 0.263 e. The lowest BCUT2D eigenvalue weighted by molar-refractivity contribution is -0.134. The molecule has 0 spiro atoms.